The van der Waals surface area contributed by atoms with E-state index in [1.165, 1.54) is 26.1 Å². The first-order valence-corrected chi connectivity index (χ1v) is 6.98. The van der Waals surface area contributed by atoms with Crippen LogP contribution < -0.4 is 0 Å². The Balaban J connectivity index is 2.16. The van der Waals surface area contributed by atoms with Gasteiger partial charge in [0.05, 0.1) is 0 Å². The van der Waals surface area contributed by atoms with Gasteiger partial charge < -0.3 is 0 Å². The zero-order chi connectivity index (χ0) is 11.9. The summed E-state index contributed by atoms with van der Waals surface area (Å²) in [7, 11) is 0. The summed E-state index contributed by atoms with van der Waals surface area (Å²) in [5.74, 6) is 1.78. The lowest BCUT2D eigenvalue weighted by atomic mass is 9.85. The van der Waals surface area contributed by atoms with Gasteiger partial charge in [-0.2, -0.15) is 0 Å². The zero-order valence-corrected chi connectivity index (χ0v) is 11.6. The minimum absolute atomic E-state index is 0.711. The molecule has 0 saturated carbocycles. The van der Waals surface area contributed by atoms with Crippen molar-refractivity contribution in [3.05, 3.63) is 0 Å². The standard InChI is InChI=1S/C14H28N2/c1-10(2)15-7-13-6-12(5)14(9-15)16(8-13)11(3)4/h10-14H,6-9H2,1-5H3. The summed E-state index contributed by atoms with van der Waals surface area (Å²) in [5, 5.41) is 0. The molecule has 3 aliphatic heterocycles. The molecule has 0 N–H and O–H groups in total. The molecule has 0 aromatic rings. The Hall–Kier alpha value is -0.0800. The Morgan fingerprint density at radius 1 is 0.938 bits per heavy atom. The van der Waals surface area contributed by atoms with Crippen molar-refractivity contribution in [1.29, 1.82) is 0 Å². The van der Waals surface area contributed by atoms with E-state index in [0.29, 0.717) is 12.1 Å². The Morgan fingerprint density at radius 2 is 1.62 bits per heavy atom. The van der Waals surface area contributed by atoms with E-state index in [2.05, 4.69) is 44.4 Å². The van der Waals surface area contributed by atoms with E-state index in [0.717, 1.165) is 17.9 Å². The molecule has 3 aliphatic rings. The number of fused-ring (bicyclic) bond motifs is 4. The molecule has 16 heavy (non-hydrogen) atoms. The fourth-order valence-electron chi connectivity index (χ4n) is 3.60. The summed E-state index contributed by atoms with van der Waals surface area (Å²) in [5.41, 5.74) is 0. The molecule has 2 nitrogen and oxygen atoms in total. The van der Waals surface area contributed by atoms with Crippen molar-refractivity contribution in [2.24, 2.45) is 11.8 Å². The monoisotopic (exact) mass is 224 g/mol. The molecule has 3 heterocycles. The van der Waals surface area contributed by atoms with E-state index < -0.39 is 0 Å². The second kappa shape index (κ2) is 4.66. The van der Waals surface area contributed by atoms with Crippen LogP contribution in [0.1, 0.15) is 41.0 Å². The Morgan fingerprint density at radius 3 is 2.19 bits per heavy atom. The number of hydrogen-bond acceptors (Lipinski definition) is 2. The van der Waals surface area contributed by atoms with Crippen molar-refractivity contribution in [3.63, 3.8) is 0 Å². The minimum atomic E-state index is 0.711. The molecule has 94 valence electrons. The topological polar surface area (TPSA) is 6.48 Å². The molecular weight excluding hydrogens is 196 g/mol. The maximum atomic E-state index is 2.75. The molecular formula is C14H28N2. The second-order valence-corrected chi connectivity index (χ2v) is 6.48. The van der Waals surface area contributed by atoms with Crippen LogP contribution in [0.2, 0.25) is 0 Å². The first kappa shape index (κ1) is 12.4. The van der Waals surface area contributed by atoms with Crippen LogP contribution in [0.4, 0.5) is 0 Å². The Bertz CT molecular complexity index is 235. The van der Waals surface area contributed by atoms with E-state index in [1.807, 2.05) is 0 Å². The van der Waals surface area contributed by atoms with Gasteiger partial charge in [0, 0.05) is 37.8 Å². The SMILES string of the molecule is CC1CC2CN(C(C)C)CC1N(C(C)C)C2. The molecule has 0 aromatic carbocycles. The molecule has 3 fully saturated rings. The third kappa shape index (κ3) is 2.28. The summed E-state index contributed by atoms with van der Waals surface area (Å²) < 4.78 is 0. The van der Waals surface area contributed by atoms with Crippen molar-refractivity contribution >= 4 is 0 Å². The number of piperidine rings is 1. The Labute approximate surface area is 101 Å². The average molecular weight is 224 g/mol. The highest BCUT2D eigenvalue weighted by molar-refractivity contribution is 4.94. The highest BCUT2D eigenvalue weighted by Gasteiger charge is 2.40. The predicted molar refractivity (Wildman–Crippen MR) is 69.6 cm³/mol. The van der Waals surface area contributed by atoms with Gasteiger partial charge in [0.15, 0.2) is 0 Å². The van der Waals surface area contributed by atoms with Crippen molar-refractivity contribution in [2.45, 2.75) is 59.2 Å². The molecule has 0 amide bonds. The van der Waals surface area contributed by atoms with Crippen LogP contribution in [-0.4, -0.2) is 47.6 Å². The summed E-state index contributed by atoms with van der Waals surface area (Å²) in [6.45, 7) is 15.8. The van der Waals surface area contributed by atoms with Crippen molar-refractivity contribution in [3.8, 4) is 0 Å². The van der Waals surface area contributed by atoms with Crippen molar-refractivity contribution in [2.75, 3.05) is 19.6 Å². The third-order valence-corrected chi connectivity index (χ3v) is 4.56. The smallest absolute Gasteiger partial charge is 0.0251 e. The van der Waals surface area contributed by atoms with Gasteiger partial charge in [-0.25, -0.2) is 0 Å². The molecule has 0 aromatic heterocycles. The average Bonchev–Trinajstić information content (AvgIpc) is 2.45. The van der Waals surface area contributed by atoms with Crippen LogP contribution >= 0.6 is 0 Å². The molecule has 2 bridgehead atoms. The number of hydrogen-bond donors (Lipinski definition) is 0. The van der Waals surface area contributed by atoms with Gasteiger partial charge in [-0.3, -0.25) is 9.80 Å². The fraction of sp³-hybridized carbons (Fsp3) is 1.00. The summed E-state index contributed by atoms with van der Waals surface area (Å²) in [4.78, 5) is 5.45. The molecule has 3 rings (SSSR count). The van der Waals surface area contributed by atoms with Crippen molar-refractivity contribution < 1.29 is 0 Å². The van der Waals surface area contributed by atoms with Crippen LogP contribution in [0.3, 0.4) is 0 Å². The molecule has 3 saturated heterocycles. The van der Waals surface area contributed by atoms with Crippen LogP contribution in [-0.2, 0) is 0 Å². The summed E-state index contributed by atoms with van der Waals surface area (Å²) in [6, 6.07) is 2.21. The van der Waals surface area contributed by atoms with Gasteiger partial charge in [0.25, 0.3) is 0 Å². The summed E-state index contributed by atoms with van der Waals surface area (Å²) >= 11 is 0. The zero-order valence-electron chi connectivity index (χ0n) is 11.6. The Kier molecular flexibility index (Phi) is 3.60. The minimum Gasteiger partial charge on any atom is -0.299 e. The highest BCUT2D eigenvalue weighted by atomic mass is 15.3. The molecule has 0 radical (unpaired) electrons. The molecule has 0 aliphatic carbocycles. The molecule has 0 spiro atoms. The van der Waals surface area contributed by atoms with Crippen LogP contribution in [0.5, 0.6) is 0 Å². The number of nitrogens with zero attached hydrogens (tertiary/aromatic N) is 2. The van der Waals surface area contributed by atoms with Gasteiger partial charge in [-0.1, -0.05) is 6.92 Å². The maximum Gasteiger partial charge on any atom is 0.0251 e. The lowest BCUT2D eigenvalue weighted by Gasteiger charge is -2.43. The van der Waals surface area contributed by atoms with E-state index in [1.54, 1.807) is 0 Å². The lowest BCUT2D eigenvalue weighted by molar-refractivity contribution is 0.0570. The summed E-state index contributed by atoms with van der Waals surface area (Å²) in [6.07, 6.45) is 1.44. The maximum absolute atomic E-state index is 2.75. The lowest BCUT2D eigenvalue weighted by Crippen LogP contribution is -2.51. The van der Waals surface area contributed by atoms with Crippen molar-refractivity contribution in [1.82, 2.24) is 9.80 Å². The van der Waals surface area contributed by atoms with Crippen LogP contribution in [0.15, 0.2) is 0 Å². The van der Waals surface area contributed by atoms with Gasteiger partial charge in [-0.15, -0.1) is 0 Å². The highest BCUT2D eigenvalue weighted by Crippen LogP contribution is 2.34. The van der Waals surface area contributed by atoms with Gasteiger partial charge in [0.1, 0.15) is 0 Å². The predicted octanol–water partition coefficient (Wildman–Crippen LogP) is 2.45. The molecule has 3 unspecified atom stereocenters. The van der Waals surface area contributed by atoms with Crippen LogP contribution in [0, 0.1) is 11.8 Å². The second-order valence-electron chi connectivity index (χ2n) is 6.48. The first-order chi connectivity index (χ1) is 7.49. The van der Waals surface area contributed by atoms with Gasteiger partial charge >= 0.3 is 0 Å². The molecule has 2 heteroatoms. The van der Waals surface area contributed by atoms with Gasteiger partial charge in [0.2, 0.25) is 0 Å². The first-order valence-electron chi connectivity index (χ1n) is 6.98. The number of rotatable bonds is 2. The quantitative estimate of drug-likeness (QED) is 0.711. The normalized spacial score (nSPS) is 37.3. The van der Waals surface area contributed by atoms with E-state index in [-0.39, 0.29) is 0 Å². The van der Waals surface area contributed by atoms with E-state index in [4.69, 9.17) is 0 Å². The van der Waals surface area contributed by atoms with E-state index >= 15 is 0 Å². The largest absolute Gasteiger partial charge is 0.299 e. The van der Waals surface area contributed by atoms with Crippen LogP contribution in [0.25, 0.3) is 0 Å². The fourth-order valence-corrected chi connectivity index (χ4v) is 3.60. The van der Waals surface area contributed by atoms with Gasteiger partial charge in [-0.05, 0) is 46.0 Å². The third-order valence-electron chi connectivity index (χ3n) is 4.56. The van der Waals surface area contributed by atoms with E-state index in [9.17, 15) is 0 Å². The molecule has 3 atom stereocenters.